The molecule has 1 rings (SSSR count). The number of hydrogen-bond donors (Lipinski definition) is 2. The summed E-state index contributed by atoms with van der Waals surface area (Å²) < 4.78 is 0. The lowest BCUT2D eigenvalue weighted by Crippen LogP contribution is -2.47. The van der Waals surface area contributed by atoms with Crippen LogP contribution in [-0.2, 0) is 4.79 Å². The Bertz CT molecular complexity index is 294. The lowest BCUT2D eigenvalue weighted by Gasteiger charge is -2.20. The number of carbonyl (C=O) groups excluding carboxylic acids is 1. The monoisotopic (exact) mass is 256 g/mol. The SMILES string of the molecule is CCCC1CCN(C(=O)N[C@H](CCC)C(=O)O)C1. The van der Waals surface area contributed by atoms with Gasteiger partial charge in [-0.3, -0.25) is 0 Å². The van der Waals surface area contributed by atoms with Gasteiger partial charge in [0, 0.05) is 13.1 Å². The molecule has 0 saturated carbocycles. The highest BCUT2D eigenvalue weighted by Gasteiger charge is 2.28. The van der Waals surface area contributed by atoms with Crippen LogP contribution >= 0.6 is 0 Å². The summed E-state index contributed by atoms with van der Waals surface area (Å²) in [4.78, 5) is 24.7. The predicted octanol–water partition coefficient (Wildman–Crippen LogP) is 2.07. The minimum Gasteiger partial charge on any atom is -0.480 e. The number of carboxylic acid groups (broad SMARTS) is 1. The van der Waals surface area contributed by atoms with Crippen molar-refractivity contribution in [2.45, 2.75) is 52.0 Å². The molecule has 0 aromatic rings. The Hall–Kier alpha value is -1.26. The molecule has 1 heterocycles. The minimum absolute atomic E-state index is 0.227. The van der Waals surface area contributed by atoms with Crippen molar-refractivity contribution in [3.63, 3.8) is 0 Å². The summed E-state index contributed by atoms with van der Waals surface area (Å²) in [6, 6.07) is -0.984. The van der Waals surface area contributed by atoms with Crippen LogP contribution in [0.25, 0.3) is 0 Å². The highest BCUT2D eigenvalue weighted by atomic mass is 16.4. The lowest BCUT2D eigenvalue weighted by molar-refractivity contribution is -0.139. The van der Waals surface area contributed by atoms with E-state index in [1.54, 1.807) is 4.90 Å². The third-order valence-corrected chi connectivity index (χ3v) is 3.44. The fourth-order valence-electron chi connectivity index (χ4n) is 2.45. The van der Waals surface area contributed by atoms with Gasteiger partial charge in [-0.1, -0.05) is 26.7 Å². The van der Waals surface area contributed by atoms with Crippen LogP contribution in [0.3, 0.4) is 0 Å². The highest BCUT2D eigenvalue weighted by Crippen LogP contribution is 2.20. The van der Waals surface area contributed by atoms with Crippen LogP contribution in [0.2, 0.25) is 0 Å². The average molecular weight is 256 g/mol. The molecule has 0 bridgehead atoms. The van der Waals surface area contributed by atoms with E-state index < -0.39 is 12.0 Å². The number of aliphatic carboxylic acids is 1. The average Bonchev–Trinajstić information content (AvgIpc) is 2.77. The summed E-state index contributed by atoms with van der Waals surface area (Å²) in [5, 5.41) is 11.6. The zero-order valence-electron chi connectivity index (χ0n) is 11.3. The van der Waals surface area contributed by atoms with Gasteiger partial charge in [0.15, 0.2) is 0 Å². The molecule has 0 spiro atoms. The zero-order chi connectivity index (χ0) is 13.5. The first-order valence-electron chi connectivity index (χ1n) is 6.86. The van der Waals surface area contributed by atoms with Gasteiger partial charge in [0.1, 0.15) is 6.04 Å². The fourth-order valence-corrected chi connectivity index (χ4v) is 2.45. The van der Waals surface area contributed by atoms with E-state index in [2.05, 4.69) is 12.2 Å². The molecule has 1 aliphatic rings. The van der Waals surface area contributed by atoms with Crippen LogP contribution < -0.4 is 5.32 Å². The van der Waals surface area contributed by atoms with E-state index >= 15 is 0 Å². The van der Waals surface area contributed by atoms with Crippen molar-refractivity contribution in [1.29, 1.82) is 0 Å². The van der Waals surface area contributed by atoms with E-state index in [1.807, 2.05) is 6.92 Å². The van der Waals surface area contributed by atoms with Gasteiger partial charge in [0.05, 0.1) is 0 Å². The number of urea groups is 1. The van der Waals surface area contributed by atoms with E-state index in [9.17, 15) is 9.59 Å². The third kappa shape index (κ3) is 4.20. The molecule has 1 aliphatic heterocycles. The highest BCUT2D eigenvalue weighted by molar-refractivity contribution is 5.82. The largest absolute Gasteiger partial charge is 0.480 e. The standard InChI is InChI=1S/C13H24N2O3/c1-3-5-10-7-8-15(9-10)13(18)14-11(6-4-2)12(16)17/h10-11H,3-9H2,1-2H3,(H,14,18)(H,16,17)/t10?,11-/m1/s1. The number of rotatable bonds is 6. The first-order chi connectivity index (χ1) is 8.58. The van der Waals surface area contributed by atoms with Gasteiger partial charge in [0.2, 0.25) is 0 Å². The fraction of sp³-hybridized carbons (Fsp3) is 0.846. The summed E-state index contributed by atoms with van der Waals surface area (Å²) in [6.07, 6.45) is 4.53. The van der Waals surface area contributed by atoms with E-state index in [0.29, 0.717) is 12.3 Å². The molecule has 2 atom stereocenters. The molecular formula is C13H24N2O3. The molecule has 104 valence electrons. The summed E-state index contributed by atoms with van der Waals surface area (Å²) >= 11 is 0. The number of nitrogens with one attached hydrogen (secondary N) is 1. The molecule has 0 aliphatic carbocycles. The lowest BCUT2D eigenvalue weighted by atomic mass is 10.0. The van der Waals surface area contributed by atoms with Crippen molar-refractivity contribution in [2.24, 2.45) is 5.92 Å². The van der Waals surface area contributed by atoms with E-state index in [1.165, 1.54) is 0 Å². The van der Waals surface area contributed by atoms with Gasteiger partial charge in [-0.05, 0) is 25.2 Å². The van der Waals surface area contributed by atoms with Gasteiger partial charge in [-0.2, -0.15) is 0 Å². The van der Waals surface area contributed by atoms with Gasteiger partial charge < -0.3 is 15.3 Å². The molecule has 0 aromatic heterocycles. The Balaban J connectivity index is 2.42. The van der Waals surface area contributed by atoms with Crippen molar-refractivity contribution < 1.29 is 14.7 Å². The van der Waals surface area contributed by atoms with Crippen molar-refractivity contribution in [2.75, 3.05) is 13.1 Å². The van der Waals surface area contributed by atoms with Crippen LogP contribution in [-0.4, -0.2) is 41.1 Å². The first-order valence-corrected chi connectivity index (χ1v) is 6.86. The maximum atomic E-state index is 11.9. The van der Waals surface area contributed by atoms with Gasteiger partial charge in [0.25, 0.3) is 0 Å². The van der Waals surface area contributed by atoms with Crippen molar-refractivity contribution in [3.8, 4) is 0 Å². The first kappa shape index (κ1) is 14.8. The summed E-state index contributed by atoms with van der Waals surface area (Å²) in [5.41, 5.74) is 0. The topological polar surface area (TPSA) is 69.6 Å². The minimum atomic E-state index is -0.950. The van der Waals surface area contributed by atoms with Crippen LogP contribution in [0.1, 0.15) is 46.0 Å². The van der Waals surface area contributed by atoms with Crippen molar-refractivity contribution in [3.05, 3.63) is 0 Å². The second-order valence-corrected chi connectivity index (χ2v) is 5.02. The Morgan fingerprint density at radius 1 is 1.39 bits per heavy atom. The Morgan fingerprint density at radius 2 is 2.11 bits per heavy atom. The number of likely N-dealkylation sites (tertiary alicyclic amines) is 1. The Morgan fingerprint density at radius 3 is 2.67 bits per heavy atom. The van der Waals surface area contributed by atoms with Gasteiger partial charge in [-0.25, -0.2) is 9.59 Å². The Kier molecular flexibility index (Phi) is 5.95. The number of nitrogens with zero attached hydrogens (tertiary/aromatic N) is 1. The van der Waals surface area contributed by atoms with Gasteiger partial charge >= 0.3 is 12.0 Å². The molecule has 5 heteroatoms. The van der Waals surface area contributed by atoms with Crippen molar-refractivity contribution >= 4 is 12.0 Å². The molecule has 1 unspecified atom stereocenters. The molecule has 18 heavy (non-hydrogen) atoms. The van der Waals surface area contributed by atoms with Crippen LogP contribution in [0, 0.1) is 5.92 Å². The molecular weight excluding hydrogens is 232 g/mol. The van der Waals surface area contributed by atoms with E-state index in [0.717, 1.165) is 38.8 Å². The quantitative estimate of drug-likeness (QED) is 0.764. The zero-order valence-corrected chi connectivity index (χ0v) is 11.3. The smallest absolute Gasteiger partial charge is 0.326 e. The third-order valence-electron chi connectivity index (χ3n) is 3.44. The normalized spacial score (nSPS) is 20.8. The molecule has 2 N–H and O–H groups in total. The predicted molar refractivity (Wildman–Crippen MR) is 69.5 cm³/mol. The molecule has 1 saturated heterocycles. The second kappa shape index (κ2) is 7.24. The van der Waals surface area contributed by atoms with Gasteiger partial charge in [-0.15, -0.1) is 0 Å². The maximum Gasteiger partial charge on any atom is 0.326 e. The number of carbonyl (C=O) groups is 2. The molecule has 0 radical (unpaired) electrons. The molecule has 1 fully saturated rings. The number of amides is 2. The van der Waals surface area contributed by atoms with Crippen LogP contribution in [0.5, 0.6) is 0 Å². The summed E-state index contributed by atoms with van der Waals surface area (Å²) in [6.45, 7) is 5.56. The maximum absolute atomic E-state index is 11.9. The molecule has 5 nitrogen and oxygen atoms in total. The summed E-state index contributed by atoms with van der Waals surface area (Å²) in [5.74, 6) is -0.371. The van der Waals surface area contributed by atoms with Crippen LogP contribution in [0.4, 0.5) is 4.79 Å². The number of hydrogen-bond acceptors (Lipinski definition) is 2. The van der Waals surface area contributed by atoms with Crippen LogP contribution in [0.15, 0.2) is 0 Å². The van der Waals surface area contributed by atoms with E-state index in [-0.39, 0.29) is 6.03 Å². The molecule has 0 aromatic carbocycles. The second-order valence-electron chi connectivity index (χ2n) is 5.02. The number of carboxylic acids is 1. The Labute approximate surface area is 109 Å². The summed E-state index contributed by atoms with van der Waals surface area (Å²) in [7, 11) is 0. The van der Waals surface area contributed by atoms with E-state index in [4.69, 9.17) is 5.11 Å². The van der Waals surface area contributed by atoms with Crippen molar-refractivity contribution in [1.82, 2.24) is 10.2 Å². The molecule has 2 amide bonds.